The highest BCUT2D eigenvalue weighted by molar-refractivity contribution is 7.89. The van der Waals surface area contributed by atoms with Gasteiger partial charge in [-0.25, -0.2) is 8.42 Å². The predicted octanol–water partition coefficient (Wildman–Crippen LogP) is 1.22. The number of nitrogens with zero attached hydrogens (tertiary/aromatic N) is 3. The molecular formula is C21H37N5O3S. The van der Waals surface area contributed by atoms with Crippen molar-refractivity contribution >= 4 is 16.0 Å². The van der Waals surface area contributed by atoms with Crippen molar-refractivity contribution in [3.63, 3.8) is 0 Å². The molecule has 1 fully saturated rings. The smallest absolute Gasteiger partial charge is 0.243 e. The van der Waals surface area contributed by atoms with Crippen molar-refractivity contribution in [1.82, 2.24) is 19.8 Å². The lowest BCUT2D eigenvalue weighted by atomic mass is 9.98. The number of nitrogens with one attached hydrogen (secondary N) is 2. The molecule has 0 amide bonds. The lowest BCUT2D eigenvalue weighted by Crippen LogP contribution is -2.45. The second-order valence-corrected chi connectivity index (χ2v) is 9.63. The first-order valence-electron chi connectivity index (χ1n) is 10.6. The molecule has 0 radical (unpaired) electrons. The van der Waals surface area contributed by atoms with Crippen molar-refractivity contribution in [3.05, 3.63) is 30.3 Å². The van der Waals surface area contributed by atoms with Gasteiger partial charge in [0.25, 0.3) is 0 Å². The Labute approximate surface area is 181 Å². The highest BCUT2D eigenvalue weighted by Gasteiger charge is 2.29. The average Bonchev–Trinajstić information content (AvgIpc) is 2.77. The number of likely N-dealkylation sites (N-methyl/N-ethyl adjacent to an activating group) is 1. The number of ether oxygens (including phenoxy) is 1. The minimum atomic E-state index is -3.39. The van der Waals surface area contributed by atoms with Crippen molar-refractivity contribution in [2.24, 2.45) is 10.9 Å². The first-order valence-corrected chi connectivity index (χ1v) is 12.1. The maximum atomic E-state index is 12.7. The maximum Gasteiger partial charge on any atom is 0.243 e. The molecule has 170 valence electrons. The zero-order chi connectivity index (χ0) is 21.8. The van der Waals surface area contributed by atoms with E-state index in [1.54, 1.807) is 42.7 Å². The Morgan fingerprint density at radius 3 is 2.53 bits per heavy atom. The maximum absolute atomic E-state index is 12.7. The number of sulfonamides is 1. The Balaban J connectivity index is 1.68. The third-order valence-electron chi connectivity index (χ3n) is 5.41. The number of rotatable bonds is 11. The number of benzene rings is 1. The van der Waals surface area contributed by atoms with E-state index in [2.05, 4.69) is 27.6 Å². The summed E-state index contributed by atoms with van der Waals surface area (Å²) in [6, 6.07) is 8.68. The fourth-order valence-corrected chi connectivity index (χ4v) is 5.00. The molecule has 2 rings (SSSR count). The highest BCUT2D eigenvalue weighted by atomic mass is 32.2. The number of methoxy groups -OCH3 is 1. The molecule has 0 atom stereocenters. The summed E-state index contributed by atoms with van der Waals surface area (Å²) in [5.41, 5.74) is 0. The second kappa shape index (κ2) is 12.9. The van der Waals surface area contributed by atoms with E-state index in [0.29, 0.717) is 23.9 Å². The van der Waals surface area contributed by atoms with Crippen molar-refractivity contribution < 1.29 is 13.2 Å². The second-order valence-electron chi connectivity index (χ2n) is 7.69. The van der Waals surface area contributed by atoms with E-state index >= 15 is 0 Å². The molecule has 0 unspecified atom stereocenters. The molecule has 9 heteroatoms. The van der Waals surface area contributed by atoms with Crippen LogP contribution in [0.2, 0.25) is 0 Å². The molecule has 1 heterocycles. The van der Waals surface area contributed by atoms with Gasteiger partial charge in [-0.05, 0) is 44.4 Å². The highest BCUT2D eigenvalue weighted by Crippen LogP contribution is 2.23. The van der Waals surface area contributed by atoms with Gasteiger partial charge in [-0.2, -0.15) is 4.31 Å². The van der Waals surface area contributed by atoms with E-state index in [-0.39, 0.29) is 0 Å². The zero-order valence-electron chi connectivity index (χ0n) is 18.5. The molecule has 2 N–H and O–H groups in total. The van der Waals surface area contributed by atoms with Crippen LogP contribution in [-0.4, -0.2) is 90.7 Å². The van der Waals surface area contributed by atoms with Crippen molar-refractivity contribution in [3.8, 4) is 0 Å². The van der Waals surface area contributed by atoms with Gasteiger partial charge in [0.15, 0.2) is 5.96 Å². The fourth-order valence-electron chi connectivity index (χ4n) is 3.51. The van der Waals surface area contributed by atoms with Gasteiger partial charge >= 0.3 is 0 Å². The van der Waals surface area contributed by atoms with Gasteiger partial charge < -0.3 is 20.3 Å². The Morgan fingerprint density at radius 1 is 1.20 bits per heavy atom. The first-order chi connectivity index (χ1) is 14.5. The molecule has 1 aromatic rings. The summed E-state index contributed by atoms with van der Waals surface area (Å²) in [4.78, 5) is 6.93. The van der Waals surface area contributed by atoms with Gasteiger partial charge in [-0.1, -0.05) is 18.2 Å². The van der Waals surface area contributed by atoms with Gasteiger partial charge in [-0.15, -0.1) is 0 Å². The third-order valence-corrected chi connectivity index (χ3v) is 7.32. The van der Waals surface area contributed by atoms with Gasteiger partial charge in [-0.3, -0.25) is 4.99 Å². The van der Waals surface area contributed by atoms with E-state index in [9.17, 15) is 8.42 Å². The molecule has 30 heavy (non-hydrogen) atoms. The molecule has 0 saturated carbocycles. The molecule has 1 aliphatic heterocycles. The summed E-state index contributed by atoms with van der Waals surface area (Å²) < 4.78 is 32.1. The summed E-state index contributed by atoms with van der Waals surface area (Å²) in [6.07, 6.45) is 2.72. The number of aliphatic imine (C=N–C) groups is 1. The van der Waals surface area contributed by atoms with Crippen LogP contribution in [0, 0.1) is 5.92 Å². The first kappa shape index (κ1) is 24.6. The Bertz CT molecular complexity index is 734. The SMILES string of the molecule is CN=C(NCCN(C)CCCOC)NCC1CCN(S(=O)(=O)c2ccccc2)CC1. The standard InChI is InChI=1S/C21H37N5O3S/c1-22-21(23-12-16-25(2)13-7-17-29-3)24-18-19-10-14-26(15-11-19)30(27,28)20-8-5-4-6-9-20/h4-6,8-9,19H,7,10-18H2,1-3H3,(H2,22,23,24). The monoisotopic (exact) mass is 439 g/mol. The van der Waals surface area contributed by atoms with Crippen molar-refractivity contribution in [2.45, 2.75) is 24.2 Å². The summed E-state index contributed by atoms with van der Waals surface area (Å²) in [5.74, 6) is 1.22. The van der Waals surface area contributed by atoms with Gasteiger partial charge in [0.1, 0.15) is 0 Å². The van der Waals surface area contributed by atoms with Crippen LogP contribution in [0.5, 0.6) is 0 Å². The molecule has 8 nitrogen and oxygen atoms in total. The van der Waals surface area contributed by atoms with E-state index in [1.807, 2.05) is 6.07 Å². The number of guanidine groups is 1. The number of piperidine rings is 1. The van der Waals surface area contributed by atoms with E-state index in [0.717, 1.165) is 58.0 Å². The Kier molecular flexibility index (Phi) is 10.6. The lowest BCUT2D eigenvalue weighted by Gasteiger charge is -2.31. The third kappa shape index (κ3) is 7.86. The largest absolute Gasteiger partial charge is 0.385 e. The topological polar surface area (TPSA) is 86.3 Å². The van der Waals surface area contributed by atoms with Crippen LogP contribution in [0.1, 0.15) is 19.3 Å². The summed E-state index contributed by atoms with van der Waals surface area (Å²) in [6.45, 7) is 5.45. The number of hydrogen-bond acceptors (Lipinski definition) is 5. The molecule has 0 aromatic heterocycles. The summed E-state index contributed by atoms with van der Waals surface area (Å²) in [5, 5.41) is 6.73. The Morgan fingerprint density at radius 2 is 1.90 bits per heavy atom. The molecule has 0 bridgehead atoms. The van der Waals surface area contributed by atoms with Gasteiger partial charge in [0.05, 0.1) is 4.90 Å². The molecule has 1 aliphatic rings. The van der Waals surface area contributed by atoms with Crippen LogP contribution in [0.15, 0.2) is 40.2 Å². The zero-order valence-corrected chi connectivity index (χ0v) is 19.3. The minimum absolute atomic E-state index is 0.373. The molecule has 0 aliphatic carbocycles. The van der Waals surface area contributed by atoms with E-state index in [1.165, 1.54) is 0 Å². The van der Waals surface area contributed by atoms with E-state index < -0.39 is 10.0 Å². The van der Waals surface area contributed by atoms with Crippen LogP contribution in [0.4, 0.5) is 0 Å². The summed E-state index contributed by atoms with van der Waals surface area (Å²) in [7, 11) is 2.21. The van der Waals surface area contributed by atoms with Crippen LogP contribution >= 0.6 is 0 Å². The fraction of sp³-hybridized carbons (Fsp3) is 0.667. The minimum Gasteiger partial charge on any atom is -0.385 e. The lowest BCUT2D eigenvalue weighted by molar-refractivity contribution is 0.180. The van der Waals surface area contributed by atoms with Gasteiger partial charge in [0, 0.05) is 60.0 Å². The average molecular weight is 440 g/mol. The summed E-state index contributed by atoms with van der Waals surface area (Å²) >= 11 is 0. The van der Waals surface area contributed by atoms with Crippen LogP contribution in [-0.2, 0) is 14.8 Å². The Hall–Kier alpha value is -1.68. The van der Waals surface area contributed by atoms with Gasteiger partial charge in [0.2, 0.25) is 10.0 Å². The van der Waals surface area contributed by atoms with Crippen LogP contribution in [0.3, 0.4) is 0 Å². The molecule has 1 saturated heterocycles. The number of hydrogen-bond donors (Lipinski definition) is 2. The predicted molar refractivity (Wildman–Crippen MR) is 121 cm³/mol. The molecule has 0 spiro atoms. The normalized spacial score (nSPS) is 16.7. The van der Waals surface area contributed by atoms with E-state index in [4.69, 9.17) is 4.74 Å². The molecule has 1 aromatic carbocycles. The van der Waals surface area contributed by atoms with Crippen molar-refractivity contribution in [1.29, 1.82) is 0 Å². The molecular weight excluding hydrogens is 402 g/mol. The quantitative estimate of drug-likeness (QED) is 0.306. The van der Waals surface area contributed by atoms with Crippen LogP contribution < -0.4 is 10.6 Å². The van der Waals surface area contributed by atoms with Crippen molar-refractivity contribution in [2.75, 3.05) is 67.1 Å². The van der Waals surface area contributed by atoms with Crippen LogP contribution in [0.25, 0.3) is 0 Å².